The summed E-state index contributed by atoms with van der Waals surface area (Å²) in [5, 5.41) is 9.56. The summed E-state index contributed by atoms with van der Waals surface area (Å²) >= 11 is 0. The van der Waals surface area contributed by atoms with Crippen molar-refractivity contribution in [1.29, 1.82) is 0 Å². The zero-order chi connectivity index (χ0) is 42.8. The molecule has 0 saturated heterocycles. The molecule has 2 aromatic heterocycles. The maximum Gasteiger partial charge on any atom is 0.143 e. The highest BCUT2D eigenvalue weighted by molar-refractivity contribution is 6.15. The first-order valence-corrected chi connectivity index (χ1v) is 22.2. The SMILES string of the molecule is c1cc(-c2ccc(N(c3ccc(-c4ccc5c(c4)oc4c6ccccc6ccc54)cc3)c3ccccc3-c3ccc4ccccc4c3)cc2)cc(-n2c3ccccc3c3ccccc32)c1. The summed E-state index contributed by atoms with van der Waals surface area (Å²) in [7, 11) is 0. The first-order chi connectivity index (χ1) is 32.2. The fraction of sp³-hybridized carbons (Fsp3) is 0. The Morgan fingerprint density at radius 1 is 0.323 bits per heavy atom. The van der Waals surface area contributed by atoms with Gasteiger partial charge in [-0.25, -0.2) is 0 Å². The van der Waals surface area contributed by atoms with E-state index in [9.17, 15) is 0 Å². The third kappa shape index (κ3) is 6.20. The zero-order valence-corrected chi connectivity index (χ0v) is 35.4. The standard InChI is InChI=1S/C62H40N2O/c1-2-14-45-38-48(25-24-41(45)12-1)52-17-5-8-21-58(52)63(50-34-28-43(29-35-50)47-31-36-56-57-37-30-44-13-3-4-18-53(44)62(57)65-61(56)40-47)49-32-26-42(27-33-49)46-15-11-16-51(39-46)64-59-22-9-6-19-54(59)55-20-7-10-23-60(55)64/h1-40H. The average molecular weight is 829 g/mol. The quantitative estimate of drug-likeness (QED) is 0.160. The van der Waals surface area contributed by atoms with Gasteiger partial charge in [-0.3, -0.25) is 0 Å². The second-order valence-corrected chi connectivity index (χ2v) is 16.9. The summed E-state index contributed by atoms with van der Waals surface area (Å²) in [6, 6.07) is 87.7. The van der Waals surface area contributed by atoms with Crippen LogP contribution in [0, 0.1) is 0 Å². The first kappa shape index (κ1) is 36.9. The largest absolute Gasteiger partial charge is 0.455 e. The Kier molecular flexibility index (Phi) is 8.53. The van der Waals surface area contributed by atoms with Crippen molar-refractivity contribution in [2.75, 3.05) is 4.90 Å². The number of anilines is 3. The van der Waals surface area contributed by atoms with Gasteiger partial charge in [0.05, 0.1) is 16.7 Å². The van der Waals surface area contributed by atoms with Gasteiger partial charge in [0, 0.05) is 49.6 Å². The normalized spacial score (nSPS) is 11.7. The van der Waals surface area contributed by atoms with E-state index in [-0.39, 0.29) is 0 Å². The lowest BCUT2D eigenvalue weighted by atomic mass is 9.98. The molecule has 0 unspecified atom stereocenters. The number of hydrogen-bond acceptors (Lipinski definition) is 2. The highest BCUT2D eigenvalue weighted by Crippen LogP contribution is 2.43. The monoisotopic (exact) mass is 828 g/mol. The molecular weight excluding hydrogens is 789 g/mol. The molecule has 65 heavy (non-hydrogen) atoms. The molecule has 11 aromatic carbocycles. The number of para-hydroxylation sites is 3. The molecule has 2 heterocycles. The van der Waals surface area contributed by atoms with Gasteiger partial charge in [-0.05, 0) is 123 Å². The average Bonchev–Trinajstić information content (AvgIpc) is 3.93. The van der Waals surface area contributed by atoms with Crippen molar-refractivity contribution in [2.24, 2.45) is 0 Å². The highest BCUT2D eigenvalue weighted by Gasteiger charge is 2.19. The number of hydrogen-bond donors (Lipinski definition) is 0. The van der Waals surface area contributed by atoms with Crippen LogP contribution in [0.15, 0.2) is 247 Å². The lowest BCUT2D eigenvalue weighted by molar-refractivity contribution is 0.673. The first-order valence-electron chi connectivity index (χ1n) is 22.2. The molecule has 0 bridgehead atoms. The van der Waals surface area contributed by atoms with Crippen LogP contribution >= 0.6 is 0 Å². The van der Waals surface area contributed by atoms with Crippen LogP contribution < -0.4 is 4.90 Å². The highest BCUT2D eigenvalue weighted by atomic mass is 16.3. The predicted molar refractivity (Wildman–Crippen MR) is 274 cm³/mol. The van der Waals surface area contributed by atoms with E-state index < -0.39 is 0 Å². The van der Waals surface area contributed by atoms with Gasteiger partial charge in [0.25, 0.3) is 0 Å². The van der Waals surface area contributed by atoms with Gasteiger partial charge in [-0.15, -0.1) is 0 Å². The molecule has 0 aliphatic rings. The minimum atomic E-state index is 0.893. The minimum absolute atomic E-state index is 0.893. The lowest BCUT2D eigenvalue weighted by Gasteiger charge is -2.28. The second kappa shape index (κ2) is 15.0. The molecule has 0 fully saturated rings. The number of nitrogens with zero attached hydrogens (tertiary/aromatic N) is 2. The van der Waals surface area contributed by atoms with Crippen LogP contribution in [0.4, 0.5) is 17.1 Å². The van der Waals surface area contributed by atoms with Crippen LogP contribution in [0.25, 0.3) is 104 Å². The lowest BCUT2D eigenvalue weighted by Crippen LogP contribution is -2.11. The van der Waals surface area contributed by atoms with Gasteiger partial charge in [0.1, 0.15) is 11.2 Å². The van der Waals surface area contributed by atoms with Gasteiger partial charge < -0.3 is 13.9 Å². The number of furan rings is 1. The van der Waals surface area contributed by atoms with Gasteiger partial charge in [-0.2, -0.15) is 0 Å². The Hall–Kier alpha value is -8.66. The summed E-state index contributed by atoms with van der Waals surface area (Å²) in [5.74, 6) is 0. The van der Waals surface area contributed by atoms with Crippen molar-refractivity contribution >= 4 is 82.4 Å². The third-order valence-electron chi connectivity index (χ3n) is 13.2. The fourth-order valence-electron chi connectivity index (χ4n) is 10.0. The molecule has 3 nitrogen and oxygen atoms in total. The van der Waals surface area contributed by atoms with E-state index in [1.54, 1.807) is 0 Å². The summed E-state index contributed by atoms with van der Waals surface area (Å²) in [6.45, 7) is 0. The Labute approximate surface area is 376 Å². The van der Waals surface area contributed by atoms with Gasteiger partial charge in [-0.1, -0.05) is 164 Å². The van der Waals surface area contributed by atoms with E-state index in [2.05, 4.69) is 252 Å². The molecular formula is C62H40N2O. The molecule has 0 N–H and O–H groups in total. The molecule has 0 spiro atoms. The van der Waals surface area contributed by atoms with Crippen LogP contribution in [0.1, 0.15) is 0 Å². The van der Waals surface area contributed by atoms with E-state index in [0.717, 1.165) is 77.9 Å². The van der Waals surface area contributed by atoms with Crippen molar-refractivity contribution in [3.8, 4) is 39.1 Å². The van der Waals surface area contributed by atoms with Crippen molar-refractivity contribution in [1.82, 2.24) is 4.57 Å². The van der Waals surface area contributed by atoms with E-state index in [0.29, 0.717) is 0 Å². The second-order valence-electron chi connectivity index (χ2n) is 16.9. The van der Waals surface area contributed by atoms with Crippen LogP contribution in [-0.2, 0) is 0 Å². The van der Waals surface area contributed by atoms with Crippen molar-refractivity contribution in [3.05, 3.63) is 243 Å². The van der Waals surface area contributed by atoms with Crippen molar-refractivity contribution < 1.29 is 4.42 Å². The van der Waals surface area contributed by atoms with Crippen LogP contribution in [-0.4, -0.2) is 4.57 Å². The van der Waals surface area contributed by atoms with Crippen molar-refractivity contribution in [2.45, 2.75) is 0 Å². The Morgan fingerprint density at radius 2 is 0.877 bits per heavy atom. The maximum absolute atomic E-state index is 6.58. The fourth-order valence-corrected chi connectivity index (χ4v) is 10.0. The molecule has 0 aliphatic carbocycles. The molecule has 0 radical (unpaired) electrons. The molecule has 0 aliphatic heterocycles. The topological polar surface area (TPSA) is 21.3 Å². The minimum Gasteiger partial charge on any atom is -0.455 e. The zero-order valence-electron chi connectivity index (χ0n) is 35.4. The van der Waals surface area contributed by atoms with Crippen molar-refractivity contribution in [3.63, 3.8) is 0 Å². The summed E-state index contributed by atoms with van der Waals surface area (Å²) in [5.41, 5.74) is 15.5. The molecule has 3 heteroatoms. The van der Waals surface area contributed by atoms with Gasteiger partial charge in [0.15, 0.2) is 0 Å². The summed E-state index contributed by atoms with van der Waals surface area (Å²) in [4.78, 5) is 2.39. The van der Waals surface area contributed by atoms with E-state index in [1.807, 2.05) is 0 Å². The Balaban J connectivity index is 0.903. The number of fused-ring (bicyclic) bond motifs is 9. The Morgan fingerprint density at radius 3 is 1.62 bits per heavy atom. The molecule has 0 amide bonds. The predicted octanol–water partition coefficient (Wildman–Crippen LogP) is 17.5. The molecule has 0 saturated carbocycles. The number of rotatable bonds is 7. The van der Waals surface area contributed by atoms with E-state index in [1.165, 1.54) is 43.5 Å². The number of benzene rings is 11. The van der Waals surface area contributed by atoms with E-state index in [4.69, 9.17) is 4.42 Å². The Bertz CT molecular complexity index is 3900. The van der Waals surface area contributed by atoms with Gasteiger partial charge >= 0.3 is 0 Å². The summed E-state index contributed by atoms with van der Waals surface area (Å²) < 4.78 is 8.96. The molecule has 13 aromatic rings. The molecule has 13 rings (SSSR count). The van der Waals surface area contributed by atoms with Crippen LogP contribution in [0.3, 0.4) is 0 Å². The van der Waals surface area contributed by atoms with E-state index >= 15 is 0 Å². The smallest absolute Gasteiger partial charge is 0.143 e. The third-order valence-corrected chi connectivity index (χ3v) is 13.2. The number of aromatic nitrogens is 1. The maximum atomic E-state index is 6.58. The summed E-state index contributed by atoms with van der Waals surface area (Å²) in [6.07, 6.45) is 0. The van der Waals surface area contributed by atoms with Crippen LogP contribution in [0.2, 0.25) is 0 Å². The van der Waals surface area contributed by atoms with Gasteiger partial charge in [0.2, 0.25) is 0 Å². The molecule has 304 valence electrons. The van der Waals surface area contributed by atoms with Crippen LogP contribution in [0.5, 0.6) is 0 Å². The molecule has 0 atom stereocenters.